The fraction of sp³-hybridized carbons (Fsp3) is 0.562. The van der Waals surface area contributed by atoms with Gasteiger partial charge in [-0.05, 0) is 50.9 Å². The molecule has 0 saturated carbocycles. The van der Waals surface area contributed by atoms with Crippen molar-refractivity contribution in [3.05, 3.63) is 28.8 Å². The summed E-state index contributed by atoms with van der Waals surface area (Å²) < 4.78 is 5.83. The van der Waals surface area contributed by atoms with Gasteiger partial charge in [0.2, 0.25) is 0 Å². The first-order valence-electron chi connectivity index (χ1n) is 7.21. The summed E-state index contributed by atoms with van der Waals surface area (Å²) in [5.74, 6) is 0.877. The topological polar surface area (TPSA) is 45.0 Å². The molecule has 1 aromatic rings. The van der Waals surface area contributed by atoms with E-state index in [4.69, 9.17) is 21.6 Å². The lowest BCUT2D eigenvalue weighted by Crippen LogP contribution is -2.20. The zero-order valence-electron chi connectivity index (χ0n) is 12.3. The maximum absolute atomic E-state index is 8.50. The molecule has 1 unspecified atom stereocenters. The number of ether oxygens (including phenoxy) is 1. The number of nitrogens with one attached hydrogen (secondary N) is 1. The van der Waals surface area contributed by atoms with Gasteiger partial charge in [0, 0.05) is 23.0 Å². The maximum Gasteiger partial charge on any atom is 0.124 e. The van der Waals surface area contributed by atoms with Gasteiger partial charge in [-0.3, -0.25) is 0 Å². The lowest BCUT2D eigenvalue weighted by Gasteiger charge is -2.18. The van der Waals surface area contributed by atoms with E-state index >= 15 is 0 Å². The van der Waals surface area contributed by atoms with E-state index < -0.39 is 0 Å². The minimum atomic E-state index is 0.211. The third kappa shape index (κ3) is 5.81. The highest BCUT2D eigenvalue weighted by molar-refractivity contribution is 6.30. The van der Waals surface area contributed by atoms with E-state index in [2.05, 4.69) is 25.2 Å². The Kier molecular flexibility index (Phi) is 8.10. The van der Waals surface area contributed by atoms with Crippen molar-refractivity contribution in [2.24, 2.45) is 0 Å². The Labute approximate surface area is 126 Å². The largest absolute Gasteiger partial charge is 0.493 e. The van der Waals surface area contributed by atoms with Crippen LogP contribution in [0.3, 0.4) is 0 Å². The molecular weight excluding hydrogens is 272 g/mol. The second kappa shape index (κ2) is 9.63. The van der Waals surface area contributed by atoms with Crippen molar-refractivity contribution in [2.45, 2.75) is 45.6 Å². The monoisotopic (exact) mass is 294 g/mol. The lowest BCUT2D eigenvalue weighted by atomic mass is 10.1. The molecule has 110 valence electrons. The van der Waals surface area contributed by atoms with Gasteiger partial charge in [0.15, 0.2) is 0 Å². The number of benzene rings is 1. The summed E-state index contributed by atoms with van der Waals surface area (Å²) in [6, 6.07) is 8.08. The molecule has 3 nitrogen and oxygen atoms in total. The van der Waals surface area contributed by atoms with Gasteiger partial charge in [0.25, 0.3) is 0 Å². The predicted octanol–water partition coefficient (Wildman–Crippen LogP) is 4.47. The van der Waals surface area contributed by atoms with Crippen molar-refractivity contribution in [1.29, 1.82) is 5.26 Å². The quantitative estimate of drug-likeness (QED) is 0.683. The number of halogens is 1. The number of hydrogen-bond donors (Lipinski definition) is 1. The molecule has 4 heteroatoms. The average Bonchev–Trinajstić information content (AvgIpc) is 2.45. The Morgan fingerprint density at radius 2 is 2.20 bits per heavy atom. The molecule has 0 aliphatic carbocycles. The van der Waals surface area contributed by atoms with Crippen LogP contribution in [0.25, 0.3) is 0 Å². The third-order valence-electron chi connectivity index (χ3n) is 3.08. The van der Waals surface area contributed by atoms with Gasteiger partial charge < -0.3 is 10.1 Å². The molecule has 0 amide bonds. The summed E-state index contributed by atoms with van der Waals surface area (Å²) in [6.07, 6.45) is 3.45. The molecule has 0 aromatic heterocycles. The molecule has 1 N–H and O–H groups in total. The van der Waals surface area contributed by atoms with Crippen LogP contribution >= 0.6 is 11.6 Å². The number of unbranched alkanes of at least 4 members (excludes halogenated alkanes) is 2. The van der Waals surface area contributed by atoms with E-state index in [9.17, 15) is 0 Å². The maximum atomic E-state index is 8.50. The van der Waals surface area contributed by atoms with Crippen molar-refractivity contribution in [3.8, 4) is 11.8 Å². The molecule has 1 rings (SSSR count). The molecular formula is C16H23ClN2O. The van der Waals surface area contributed by atoms with Gasteiger partial charge in [-0.25, -0.2) is 0 Å². The summed E-state index contributed by atoms with van der Waals surface area (Å²) in [4.78, 5) is 0. The second-order valence-electron chi connectivity index (χ2n) is 4.82. The summed E-state index contributed by atoms with van der Waals surface area (Å²) in [5, 5.41) is 12.7. The number of nitrogens with zero attached hydrogens (tertiary/aromatic N) is 1. The minimum Gasteiger partial charge on any atom is -0.493 e. The standard InChI is InChI=1S/C16H23ClN2O/c1-3-10-19-13(2)15-12-14(17)7-8-16(15)20-11-6-4-5-9-18/h7-8,12-13,19H,3-6,10-11H2,1-2H3. The average molecular weight is 295 g/mol. The first kappa shape index (κ1) is 16.8. The van der Waals surface area contributed by atoms with E-state index in [1.165, 1.54) is 0 Å². The van der Waals surface area contributed by atoms with Crippen molar-refractivity contribution < 1.29 is 4.74 Å². The molecule has 0 aliphatic heterocycles. The number of nitriles is 1. The fourth-order valence-electron chi connectivity index (χ4n) is 1.95. The molecule has 0 aliphatic rings. The van der Waals surface area contributed by atoms with E-state index in [1.807, 2.05) is 18.2 Å². The second-order valence-corrected chi connectivity index (χ2v) is 5.26. The van der Waals surface area contributed by atoms with E-state index in [-0.39, 0.29) is 6.04 Å². The van der Waals surface area contributed by atoms with Crippen LogP contribution in [0.4, 0.5) is 0 Å². The zero-order valence-corrected chi connectivity index (χ0v) is 13.0. The number of rotatable bonds is 9. The van der Waals surface area contributed by atoms with Gasteiger partial charge in [-0.15, -0.1) is 0 Å². The third-order valence-corrected chi connectivity index (χ3v) is 3.31. The van der Waals surface area contributed by atoms with Gasteiger partial charge in [-0.1, -0.05) is 18.5 Å². The molecule has 0 heterocycles. The Morgan fingerprint density at radius 1 is 1.40 bits per heavy atom. The first-order chi connectivity index (χ1) is 9.69. The summed E-state index contributed by atoms with van der Waals surface area (Å²) in [7, 11) is 0. The highest BCUT2D eigenvalue weighted by Gasteiger charge is 2.11. The summed E-state index contributed by atoms with van der Waals surface area (Å²) in [5.41, 5.74) is 1.09. The van der Waals surface area contributed by atoms with Gasteiger partial charge in [-0.2, -0.15) is 5.26 Å². The summed E-state index contributed by atoms with van der Waals surface area (Å²) >= 11 is 6.08. The summed E-state index contributed by atoms with van der Waals surface area (Å²) in [6.45, 7) is 5.86. The smallest absolute Gasteiger partial charge is 0.124 e. The van der Waals surface area contributed by atoms with Crippen LogP contribution in [0.2, 0.25) is 5.02 Å². The van der Waals surface area contributed by atoms with E-state index in [0.717, 1.165) is 42.1 Å². The normalized spacial score (nSPS) is 11.9. The molecule has 0 bridgehead atoms. The molecule has 1 atom stereocenters. The van der Waals surface area contributed by atoms with Crippen LogP contribution in [0, 0.1) is 11.3 Å². The van der Waals surface area contributed by atoms with Crippen LogP contribution in [0.5, 0.6) is 5.75 Å². The minimum absolute atomic E-state index is 0.211. The molecule has 0 spiro atoms. The Balaban J connectivity index is 2.62. The molecule has 0 saturated heterocycles. The number of hydrogen-bond acceptors (Lipinski definition) is 3. The molecule has 1 aromatic carbocycles. The molecule has 0 radical (unpaired) electrons. The first-order valence-corrected chi connectivity index (χ1v) is 7.59. The Hall–Kier alpha value is -1.24. The van der Waals surface area contributed by atoms with Crippen molar-refractivity contribution in [3.63, 3.8) is 0 Å². The lowest BCUT2D eigenvalue weighted by molar-refractivity contribution is 0.301. The van der Waals surface area contributed by atoms with Crippen LogP contribution in [0.1, 0.15) is 51.1 Å². The van der Waals surface area contributed by atoms with Gasteiger partial charge in [0.1, 0.15) is 5.75 Å². The van der Waals surface area contributed by atoms with Crippen LogP contribution < -0.4 is 10.1 Å². The molecule has 0 fully saturated rings. The van der Waals surface area contributed by atoms with Crippen LogP contribution in [0.15, 0.2) is 18.2 Å². The van der Waals surface area contributed by atoms with Crippen LogP contribution in [-0.2, 0) is 0 Å². The van der Waals surface area contributed by atoms with Crippen LogP contribution in [-0.4, -0.2) is 13.2 Å². The van der Waals surface area contributed by atoms with Gasteiger partial charge >= 0.3 is 0 Å². The fourth-order valence-corrected chi connectivity index (χ4v) is 2.13. The zero-order chi connectivity index (χ0) is 14.8. The van der Waals surface area contributed by atoms with E-state index in [0.29, 0.717) is 13.0 Å². The van der Waals surface area contributed by atoms with Gasteiger partial charge in [0.05, 0.1) is 12.7 Å². The highest BCUT2D eigenvalue weighted by Crippen LogP contribution is 2.28. The molecule has 20 heavy (non-hydrogen) atoms. The van der Waals surface area contributed by atoms with Crippen molar-refractivity contribution in [1.82, 2.24) is 5.32 Å². The SMILES string of the molecule is CCCNC(C)c1cc(Cl)ccc1OCCCCC#N. The highest BCUT2D eigenvalue weighted by atomic mass is 35.5. The Bertz CT molecular complexity index is 443. The predicted molar refractivity (Wildman–Crippen MR) is 83.1 cm³/mol. The van der Waals surface area contributed by atoms with Crippen molar-refractivity contribution in [2.75, 3.05) is 13.2 Å². The van der Waals surface area contributed by atoms with Crippen molar-refractivity contribution >= 4 is 11.6 Å². The Morgan fingerprint density at radius 3 is 2.90 bits per heavy atom. The van der Waals surface area contributed by atoms with E-state index in [1.54, 1.807) is 0 Å².